The number of amides is 1. The molecule has 6 rings (SSSR count). The molecule has 0 spiro atoms. The summed E-state index contributed by atoms with van der Waals surface area (Å²) in [5.41, 5.74) is 10.6. The van der Waals surface area contributed by atoms with Crippen LogP contribution in [0, 0.1) is 5.82 Å². The van der Waals surface area contributed by atoms with Gasteiger partial charge in [-0.25, -0.2) is 23.8 Å². The van der Waals surface area contributed by atoms with Crippen LogP contribution in [-0.4, -0.2) is 55.2 Å². The van der Waals surface area contributed by atoms with E-state index in [0.29, 0.717) is 53.5 Å². The molecule has 2 unspecified atom stereocenters. The Bertz CT molecular complexity index is 2070. The van der Waals surface area contributed by atoms with Gasteiger partial charge in [0.25, 0.3) is 0 Å². The van der Waals surface area contributed by atoms with E-state index >= 15 is 4.39 Å². The normalized spacial score (nSPS) is 14.1. The SMILES string of the molecule is CCc1cccc(CC)c1-n1nc2c(c1-c1c(F)cc(COC(=O)C(C)NC(=O)C(C)N)c3[nH]ccc13)CN(c1ncc(C(F)(F)F)cn1)CC2.Cl. The first kappa shape index (κ1) is 38.2. The van der Waals surface area contributed by atoms with Crippen molar-refractivity contribution < 1.29 is 31.9 Å². The fourth-order valence-electron chi connectivity index (χ4n) is 6.38. The first-order chi connectivity index (χ1) is 24.3. The highest BCUT2D eigenvalue weighted by Gasteiger charge is 2.34. The molecule has 1 aliphatic heterocycles. The summed E-state index contributed by atoms with van der Waals surface area (Å²) in [4.78, 5) is 37.7. The summed E-state index contributed by atoms with van der Waals surface area (Å²) in [7, 11) is 0. The zero-order valence-corrected chi connectivity index (χ0v) is 29.8. The number of esters is 1. The Hall–Kier alpha value is -5.02. The zero-order chi connectivity index (χ0) is 36.6. The number of nitrogens with zero attached hydrogens (tertiary/aromatic N) is 5. The number of aryl methyl sites for hydroxylation is 2. The highest BCUT2D eigenvalue weighted by Crippen LogP contribution is 2.41. The lowest BCUT2D eigenvalue weighted by molar-refractivity contribution is -0.148. The second-order valence-corrected chi connectivity index (χ2v) is 12.5. The summed E-state index contributed by atoms with van der Waals surface area (Å²) in [6, 6.07) is 7.26. The molecular weight excluding hydrogens is 704 g/mol. The molecule has 0 radical (unpaired) electrons. The number of benzene rings is 2. The third kappa shape index (κ3) is 7.33. The molecule has 3 aromatic heterocycles. The Kier molecular flexibility index (Phi) is 11.2. The molecule has 276 valence electrons. The fraction of sp³-hybridized carbons (Fsp3) is 0.361. The number of carbonyl (C=O) groups excluding carboxylic acids is 2. The number of nitrogens with two attached hydrogens (primary N) is 1. The van der Waals surface area contributed by atoms with Gasteiger partial charge in [0, 0.05) is 60.2 Å². The van der Waals surface area contributed by atoms with Crippen molar-refractivity contribution in [1.29, 1.82) is 0 Å². The van der Waals surface area contributed by atoms with E-state index < -0.39 is 41.5 Å². The molecule has 11 nitrogen and oxygen atoms in total. The predicted octanol–water partition coefficient (Wildman–Crippen LogP) is 5.97. The molecule has 52 heavy (non-hydrogen) atoms. The second kappa shape index (κ2) is 15.3. The zero-order valence-electron chi connectivity index (χ0n) is 29.0. The number of hydrogen-bond donors (Lipinski definition) is 3. The van der Waals surface area contributed by atoms with Crippen molar-refractivity contribution in [2.75, 3.05) is 11.4 Å². The van der Waals surface area contributed by atoms with E-state index in [9.17, 15) is 22.8 Å². The van der Waals surface area contributed by atoms with Crippen molar-refractivity contribution in [2.24, 2.45) is 5.73 Å². The van der Waals surface area contributed by atoms with Crippen molar-refractivity contribution >= 4 is 41.1 Å². The van der Waals surface area contributed by atoms with Crippen LogP contribution in [0.15, 0.2) is 48.9 Å². The Labute approximate surface area is 303 Å². The van der Waals surface area contributed by atoms with Crippen LogP contribution in [0.5, 0.6) is 0 Å². The predicted molar refractivity (Wildman–Crippen MR) is 190 cm³/mol. The Morgan fingerprint density at radius 1 is 1.08 bits per heavy atom. The largest absolute Gasteiger partial charge is 0.459 e. The summed E-state index contributed by atoms with van der Waals surface area (Å²) in [6.07, 6.45) is 0.399. The number of para-hydroxylation sites is 1. The van der Waals surface area contributed by atoms with Crippen LogP contribution < -0.4 is 16.0 Å². The van der Waals surface area contributed by atoms with E-state index in [-0.39, 0.29) is 37.1 Å². The molecule has 16 heteroatoms. The van der Waals surface area contributed by atoms with Gasteiger partial charge in [-0.15, -0.1) is 12.4 Å². The van der Waals surface area contributed by atoms with Gasteiger partial charge in [-0.3, -0.25) is 4.79 Å². The molecule has 0 bridgehead atoms. The van der Waals surface area contributed by atoms with Crippen LogP contribution in [-0.2, 0) is 52.9 Å². The first-order valence-corrected chi connectivity index (χ1v) is 16.7. The van der Waals surface area contributed by atoms with Gasteiger partial charge in [0.05, 0.1) is 34.2 Å². The van der Waals surface area contributed by atoms with Gasteiger partial charge in [0.2, 0.25) is 11.9 Å². The molecule has 0 saturated heterocycles. The molecule has 0 saturated carbocycles. The Morgan fingerprint density at radius 2 is 1.75 bits per heavy atom. The molecule has 0 fully saturated rings. The number of hydrogen-bond acceptors (Lipinski definition) is 8. The number of H-pyrrole nitrogens is 1. The molecule has 4 heterocycles. The maximum atomic E-state index is 16.8. The van der Waals surface area contributed by atoms with E-state index in [0.717, 1.165) is 34.9 Å². The third-order valence-corrected chi connectivity index (χ3v) is 9.07. The number of aromatic amines is 1. The molecule has 5 aromatic rings. The summed E-state index contributed by atoms with van der Waals surface area (Å²) >= 11 is 0. The highest BCUT2D eigenvalue weighted by molar-refractivity contribution is 5.98. The molecule has 2 aromatic carbocycles. The summed E-state index contributed by atoms with van der Waals surface area (Å²) in [5.74, 6) is -1.70. The number of alkyl halides is 3. The third-order valence-electron chi connectivity index (χ3n) is 9.07. The van der Waals surface area contributed by atoms with Gasteiger partial charge in [-0.1, -0.05) is 32.0 Å². The minimum atomic E-state index is -4.58. The monoisotopic (exact) mass is 742 g/mol. The van der Waals surface area contributed by atoms with Crippen molar-refractivity contribution in [3.05, 3.63) is 88.3 Å². The van der Waals surface area contributed by atoms with E-state index in [4.69, 9.17) is 15.6 Å². The molecule has 0 aliphatic carbocycles. The Morgan fingerprint density at radius 3 is 2.37 bits per heavy atom. The van der Waals surface area contributed by atoms with Gasteiger partial charge in [-0.2, -0.15) is 18.3 Å². The highest BCUT2D eigenvalue weighted by atomic mass is 35.5. The number of rotatable bonds is 10. The molecule has 1 amide bonds. The van der Waals surface area contributed by atoms with E-state index in [1.54, 1.807) is 21.8 Å². The fourth-order valence-corrected chi connectivity index (χ4v) is 6.38. The van der Waals surface area contributed by atoms with Crippen LogP contribution in [0.3, 0.4) is 0 Å². The van der Waals surface area contributed by atoms with Crippen LogP contribution in [0.1, 0.15) is 61.2 Å². The number of halogens is 5. The summed E-state index contributed by atoms with van der Waals surface area (Å²) in [6.45, 7) is 7.32. The second-order valence-electron chi connectivity index (χ2n) is 12.5. The number of fused-ring (bicyclic) bond motifs is 2. The van der Waals surface area contributed by atoms with Crippen LogP contribution in [0.25, 0.3) is 27.8 Å². The molecule has 2 atom stereocenters. The summed E-state index contributed by atoms with van der Waals surface area (Å²) < 4.78 is 63.8. The average Bonchev–Trinajstić information content (AvgIpc) is 3.75. The number of nitrogens with one attached hydrogen (secondary N) is 2. The molecule has 4 N–H and O–H groups in total. The lowest BCUT2D eigenvalue weighted by atomic mass is 9.95. The van der Waals surface area contributed by atoms with E-state index in [1.807, 2.05) is 32.0 Å². The number of anilines is 1. The van der Waals surface area contributed by atoms with E-state index in [1.165, 1.54) is 19.9 Å². The number of ether oxygens (including phenoxy) is 1. The van der Waals surface area contributed by atoms with E-state index in [2.05, 4.69) is 20.3 Å². The Balaban J connectivity index is 0.00000523. The minimum Gasteiger partial charge on any atom is -0.459 e. The number of carbonyl (C=O) groups is 2. The molecule has 1 aliphatic rings. The van der Waals surface area contributed by atoms with Crippen molar-refractivity contribution in [3.8, 4) is 16.9 Å². The first-order valence-electron chi connectivity index (χ1n) is 16.7. The quantitative estimate of drug-likeness (QED) is 0.117. The van der Waals surface area contributed by atoms with Gasteiger partial charge in [-0.05, 0) is 49.9 Å². The van der Waals surface area contributed by atoms with Crippen LogP contribution >= 0.6 is 12.4 Å². The van der Waals surface area contributed by atoms with Crippen LogP contribution in [0.2, 0.25) is 0 Å². The maximum absolute atomic E-state index is 16.8. The van der Waals surface area contributed by atoms with Gasteiger partial charge in [0.1, 0.15) is 18.5 Å². The molecular formula is C36H39ClF4N8O3. The van der Waals surface area contributed by atoms with Gasteiger partial charge < -0.3 is 25.7 Å². The van der Waals surface area contributed by atoms with Gasteiger partial charge >= 0.3 is 12.1 Å². The van der Waals surface area contributed by atoms with Crippen molar-refractivity contribution in [1.82, 2.24) is 30.0 Å². The van der Waals surface area contributed by atoms with Crippen molar-refractivity contribution in [2.45, 2.75) is 78.4 Å². The number of aromatic nitrogens is 5. The smallest absolute Gasteiger partial charge is 0.419 e. The lowest BCUT2D eigenvalue weighted by Crippen LogP contribution is -2.46. The standard InChI is InChI=1S/C36H38F4N8O3.ClH/c1-5-21-8-7-9-22(6-2)31(21)48-32(26-17-47(13-11-28(26)46-48)35-43-15-24(16-44-35)36(38,39)40)29-25-10-12-42-30(25)23(14-27(29)37)18-51-34(50)20(4)45-33(49)19(3)41;/h7-10,12,14-16,19-20,42H,5-6,11,13,17-18,41H2,1-4H3,(H,45,49);1H. The topological polar surface area (TPSA) is 144 Å². The van der Waals surface area contributed by atoms with Gasteiger partial charge in [0.15, 0.2) is 0 Å². The lowest BCUT2D eigenvalue weighted by Gasteiger charge is -2.27. The minimum absolute atomic E-state index is 0. The van der Waals surface area contributed by atoms with Crippen molar-refractivity contribution in [3.63, 3.8) is 0 Å². The average molecular weight is 743 g/mol. The van der Waals surface area contributed by atoms with Crippen LogP contribution in [0.4, 0.5) is 23.5 Å². The summed E-state index contributed by atoms with van der Waals surface area (Å²) in [5, 5.41) is 8.07. The maximum Gasteiger partial charge on any atom is 0.419 e.